The Bertz CT molecular complexity index is 678. The Hall–Kier alpha value is -1.83. The average Bonchev–Trinajstić information content (AvgIpc) is 2.77. The zero-order valence-corrected chi connectivity index (χ0v) is 13.5. The molecule has 0 aromatic carbocycles. The number of anilines is 1. The van der Waals surface area contributed by atoms with Crippen LogP contribution in [0.4, 0.5) is 5.82 Å². The Morgan fingerprint density at radius 3 is 2.71 bits per heavy atom. The van der Waals surface area contributed by atoms with E-state index in [2.05, 4.69) is 25.5 Å². The molecule has 0 saturated carbocycles. The van der Waals surface area contributed by atoms with E-state index in [4.69, 9.17) is 0 Å². The first-order valence-electron chi connectivity index (χ1n) is 6.99. The second-order valence-corrected chi connectivity index (χ2v) is 5.60. The molecule has 0 atom stereocenters. The first kappa shape index (κ1) is 15.6. The van der Waals surface area contributed by atoms with E-state index in [0.29, 0.717) is 17.5 Å². The van der Waals surface area contributed by atoms with Crippen molar-refractivity contribution >= 4 is 17.6 Å². The number of aromatic amines is 1. The van der Waals surface area contributed by atoms with Crippen molar-refractivity contribution in [3.63, 3.8) is 0 Å². The predicted octanol–water partition coefficient (Wildman–Crippen LogP) is 1.97. The van der Waals surface area contributed by atoms with Crippen molar-refractivity contribution in [1.29, 1.82) is 0 Å². The van der Waals surface area contributed by atoms with Crippen LogP contribution in [0.25, 0.3) is 0 Å². The third-order valence-electron chi connectivity index (χ3n) is 2.92. The largest absolute Gasteiger partial charge is 0.370 e. The van der Waals surface area contributed by atoms with E-state index in [-0.39, 0.29) is 5.69 Å². The van der Waals surface area contributed by atoms with Gasteiger partial charge in [0.25, 0.3) is 0 Å². The third kappa shape index (κ3) is 3.44. The summed E-state index contributed by atoms with van der Waals surface area (Å²) < 4.78 is 1.63. The van der Waals surface area contributed by atoms with E-state index in [0.717, 1.165) is 29.4 Å². The molecule has 21 heavy (non-hydrogen) atoms. The van der Waals surface area contributed by atoms with Crippen LogP contribution in [0.5, 0.6) is 0 Å². The molecule has 0 amide bonds. The maximum atomic E-state index is 11.7. The quantitative estimate of drug-likeness (QED) is 0.793. The van der Waals surface area contributed by atoms with Gasteiger partial charge in [-0.25, -0.2) is 19.9 Å². The van der Waals surface area contributed by atoms with E-state index in [1.807, 2.05) is 27.7 Å². The summed E-state index contributed by atoms with van der Waals surface area (Å²) in [7, 11) is 0. The molecule has 0 bridgehead atoms. The number of rotatable bonds is 6. The van der Waals surface area contributed by atoms with Crippen molar-refractivity contribution in [2.45, 2.75) is 50.8 Å². The first-order valence-corrected chi connectivity index (χ1v) is 7.80. The van der Waals surface area contributed by atoms with Crippen LogP contribution in [0.2, 0.25) is 0 Å². The zero-order chi connectivity index (χ0) is 15.4. The number of aryl methyl sites for hydroxylation is 1. The summed E-state index contributed by atoms with van der Waals surface area (Å²) in [5.74, 6) is 1.52. The highest BCUT2D eigenvalue weighted by molar-refractivity contribution is 7.99. The molecule has 0 aliphatic rings. The van der Waals surface area contributed by atoms with Crippen molar-refractivity contribution in [2.75, 3.05) is 11.9 Å². The molecule has 7 nitrogen and oxygen atoms in total. The molecule has 2 rings (SSSR count). The number of aromatic nitrogens is 5. The molecule has 2 heterocycles. The summed E-state index contributed by atoms with van der Waals surface area (Å²) in [6, 6.07) is 0. The van der Waals surface area contributed by atoms with Gasteiger partial charge in [0, 0.05) is 18.7 Å². The Kier molecular flexibility index (Phi) is 5.00. The Morgan fingerprint density at radius 1 is 1.29 bits per heavy atom. The molecule has 0 saturated heterocycles. The highest BCUT2D eigenvalue weighted by Crippen LogP contribution is 2.29. The van der Waals surface area contributed by atoms with Gasteiger partial charge in [0.15, 0.2) is 5.16 Å². The fourth-order valence-electron chi connectivity index (χ4n) is 1.93. The minimum absolute atomic E-state index is 0.185. The van der Waals surface area contributed by atoms with Gasteiger partial charge in [0.1, 0.15) is 16.7 Å². The molecule has 0 aliphatic carbocycles. The second kappa shape index (κ2) is 6.75. The standard InChI is InChI=1S/C13H20N6OS/c1-5-7-19-12(20)17-18-13(19)21-11-8(3)10(14-6-2)15-9(4)16-11/h5-7H2,1-4H3,(H,17,20)(H,14,15,16). The average molecular weight is 308 g/mol. The normalized spacial score (nSPS) is 10.9. The maximum Gasteiger partial charge on any atom is 0.343 e. The minimum atomic E-state index is -0.185. The van der Waals surface area contributed by atoms with Crippen LogP contribution in [-0.4, -0.2) is 31.3 Å². The van der Waals surface area contributed by atoms with Crippen molar-refractivity contribution in [3.8, 4) is 0 Å². The molecule has 0 radical (unpaired) electrons. The van der Waals surface area contributed by atoms with Gasteiger partial charge in [0.05, 0.1) is 0 Å². The molecule has 2 aromatic heterocycles. The van der Waals surface area contributed by atoms with E-state index < -0.39 is 0 Å². The van der Waals surface area contributed by atoms with Gasteiger partial charge in [-0.3, -0.25) is 4.57 Å². The highest BCUT2D eigenvalue weighted by Gasteiger charge is 2.15. The van der Waals surface area contributed by atoms with Gasteiger partial charge in [-0.2, -0.15) is 0 Å². The summed E-state index contributed by atoms with van der Waals surface area (Å²) in [6.45, 7) is 9.31. The Morgan fingerprint density at radius 2 is 2.05 bits per heavy atom. The SMILES string of the molecule is CCCn1c(Sc2nc(C)nc(NCC)c2C)n[nH]c1=O. The van der Waals surface area contributed by atoms with Gasteiger partial charge >= 0.3 is 5.69 Å². The lowest BCUT2D eigenvalue weighted by atomic mass is 10.3. The van der Waals surface area contributed by atoms with Crippen LogP contribution in [0, 0.1) is 13.8 Å². The Labute approximate surface area is 127 Å². The lowest BCUT2D eigenvalue weighted by molar-refractivity contribution is 0.603. The fourth-order valence-corrected chi connectivity index (χ4v) is 2.91. The van der Waals surface area contributed by atoms with Crippen LogP contribution >= 0.6 is 11.8 Å². The second-order valence-electron chi connectivity index (χ2n) is 4.64. The molecule has 114 valence electrons. The Balaban J connectivity index is 2.37. The third-order valence-corrected chi connectivity index (χ3v) is 4.00. The van der Waals surface area contributed by atoms with E-state index in [9.17, 15) is 4.79 Å². The molecule has 0 unspecified atom stereocenters. The lowest BCUT2D eigenvalue weighted by Crippen LogP contribution is -2.17. The van der Waals surface area contributed by atoms with Gasteiger partial charge in [-0.05, 0) is 39.0 Å². The van der Waals surface area contributed by atoms with Crippen molar-refractivity contribution < 1.29 is 0 Å². The molecular formula is C13H20N6OS. The fraction of sp³-hybridized carbons (Fsp3) is 0.538. The molecular weight excluding hydrogens is 288 g/mol. The highest BCUT2D eigenvalue weighted by atomic mass is 32.2. The monoisotopic (exact) mass is 308 g/mol. The zero-order valence-electron chi connectivity index (χ0n) is 12.7. The van der Waals surface area contributed by atoms with Crippen LogP contribution in [0.15, 0.2) is 15.0 Å². The van der Waals surface area contributed by atoms with Gasteiger partial charge in [-0.15, -0.1) is 5.10 Å². The number of nitrogens with one attached hydrogen (secondary N) is 2. The summed E-state index contributed by atoms with van der Waals surface area (Å²) in [5, 5.41) is 11.2. The lowest BCUT2D eigenvalue weighted by Gasteiger charge is -2.11. The molecule has 0 fully saturated rings. The molecule has 2 aromatic rings. The van der Waals surface area contributed by atoms with Crippen LogP contribution in [-0.2, 0) is 6.54 Å². The summed E-state index contributed by atoms with van der Waals surface area (Å²) in [4.78, 5) is 20.6. The summed E-state index contributed by atoms with van der Waals surface area (Å²) in [6.07, 6.45) is 0.872. The summed E-state index contributed by atoms with van der Waals surface area (Å²) >= 11 is 1.39. The van der Waals surface area contributed by atoms with Gasteiger partial charge < -0.3 is 5.32 Å². The molecule has 0 aliphatic heterocycles. The van der Waals surface area contributed by atoms with E-state index in [1.165, 1.54) is 11.8 Å². The van der Waals surface area contributed by atoms with Crippen molar-refractivity contribution in [2.24, 2.45) is 0 Å². The van der Waals surface area contributed by atoms with Crippen LogP contribution < -0.4 is 11.0 Å². The number of hydrogen-bond donors (Lipinski definition) is 2. The molecule has 2 N–H and O–H groups in total. The summed E-state index contributed by atoms with van der Waals surface area (Å²) in [5.41, 5.74) is 0.778. The molecule has 8 heteroatoms. The smallest absolute Gasteiger partial charge is 0.343 e. The van der Waals surface area contributed by atoms with E-state index >= 15 is 0 Å². The number of hydrogen-bond acceptors (Lipinski definition) is 6. The van der Waals surface area contributed by atoms with Crippen molar-refractivity contribution in [3.05, 3.63) is 21.9 Å². The van der Waals surface area contributed by atoms with Crippen molar-refractivity contribution in [1.82, 2.24) is 24.7 Å². The van der Waals surface area contributed by atoms with Gasteiger partial charge in [-0.1, -0.05) is 6.92 Å². The number of nitrogens with zero attached hydrogens (tertiary/aromatic N) is 4. The number of H-pyrrole nitrogens is 1. The van der Waals surface area contributed by atoms with Crippen LogP contribution in [0.1, 0.15) is 31.7 Å². The molecule has 0 spiro atoms. The predicted molar refractivity (Wildman–Crippen MR) is 82.9 cm³/mol. The minimum Gasteiger partial charge on any atom is -0.370 e. The topological polar surface area (TPSA) is 88.5 Å². The van der Waals surface area contributed by atoms with Gasteiger partial charge in [0.2, 0.25) is 0 Å². The first-order chi connectivity index (χ1) is 10.1. The maximum absolute atomic E-state index is 11.7. The van der Waals surface area contributed by atoms with Crippen LogP contribution in [0.3, 0.4) is 0 Å². The van der Waals surface area contributed by atoms with E-state index in [1.54, 1.807) is 4.57 Å².